The smallest absolute Gasteiger partial charge is 0.262 e. The van der Waals surface area contributed by atoms with Crippen LogP contribution in [-0.4, -0.2) is 11.0 Å². The quantitative estimate of drug-likeness (QED) is 0.673. The number of benzene rings is 2. The van der Waals surface area contributed by atoms with Gasteiger partial charge in [0.2, 0.25) is 0 Å². The lowest BCUT2D eigenvalue weighted by Crippen LogP contribution is -2.23. The number of hydrogen-bond donors (Lipinski definition) is 2. The molecule has 0 aliphatic carbocycles. The zero-order valence-corrected chi connectivity index (χ0v) is 11.6. The van der Waals surface area contributed by atoms with Crippen LogP contribution in [0.25, 0.3) is 6.08 Å². The molecule has 0 saturated carbocycles. The average molecular weight is 296 g/mol. The summed E-state index contributed by atoms with van der Waals surface area (Å²) in [5.41, 5.74) is 1.32. The summed E-state index contributed by atoms with van der Waals surface area (Å²) in [5.74, 6) is -0.753. The summed E-state index contributed by atoms with van der Waals surface area (Å²) < 4.78 is 12.8. The van der Waals surface area contributed by atoms with Crippen LogP contribution in [0, 0.1) is 17.1 Å². The summed E-state index contributed by atoms with van der Waals surface area (Å²) in [6.45, 7) is 0.202. The fourth-order valence-electron chi connectivity index (χ4n) is 1.77. The maximum atomic E-state index is 12.8. The number of amides is 1. The zero-order chi connectivity index (χ0) is 15.9. The van der Waals surface area contributed by atoms with Gasteiger partial charge in [-0.1, -0.05) is 24.3 Å². The van der Waals surface area contributed by atoms with Crippen LogP contribution in [-0.2, 0) is 11.3 Å². The summed E-state index contributed by atoms with van der Waals surface area (Å²) in [6, 6.07) is 13.7. The number of nitrogens with one attached hydrogen (secondary N) is 1. The Labute approximate surface area is 127 Å². The Balaban J connectivity index is 2.04. The van der Waals surface area contributed by atoms with Crippen molar-refractivity contribution in [2.24, 2.45) is 0 Å². The van der Waals surface area contributed by atoms with Gasteiger partial charge in [-0.15, -0.1) is 0 Å². The van der Waals surface area contributed by atoms with E-state index < -0.39 is 5.91 Å². The van der Waals surface area contributed by atoms with Crippen molar-refractivity contribution < 1.29 is 14.3 Å². The molecule has 2 N–H and O–H groups in total. The molecule has 0 aliphatic heterocycles. The summed E-state index contributed by atoms with van der Waals surface area (Å²) in [4.78, 5) is 12.0. The molecule has 0 spiro atoms. The number of hydrogen-bond acceptors (Lipinski definition) is 3. The third-order valence-corrected chi connectivity index (χ3v) is 2.94. The van der Waals surface area contributed by atoms with Gasteiger partial charge in [-0.05, 0) is 41.5 Å². The molecule has 5 heteroatoms. The van der Waals surface area contributed by atoms with Crippen LogP contribution < -0.4 is 5.32 Å². The largest absolute Gasteiger partial charge is 0.508 e. The van der Waals surface area contributed by atoms with E-state index in [0.717, 1.165) is 5.56 Å². The van der Waals surface area contributed by atoms with Crippen LogP contribution >= 0.6 is 0 Å². The minimum atomic E-state index is -0.514. The van der Waals surface area contributed by atoms with Crippen LogP contribution in [0.4, 0.5) is 4.39 Å². The van der Waals surface area contributed by atoms with Crippen molar-refractivity contribution in [1.82, 2.24) is 5.32 Å². The average Bonchev–Trinajstić information content (AvgIpc) is 2.53. The molecular formula is C17H13FN2O2. The Morgan fingerprint density at radius 3 is 2.41 bits per heavy atom. The molecule has 2 aromatic rings. The SMILES string of the molecule is N#C/C(=C\c1ccc(O)cc1)C(=O)NCc1ccc(F)cc1. The first kappa shape index (κ1) is 15.3. The number of carbonyl (C=O) groups excluding carboxylic acids is 1. The van der Waals surface area contributed by atoms with E-state index in [1.807, 2.05) is 6.07 Å². The summed E-state index contributed by atoms with van der Waals surface area (Å²) in [6.07, 6.45) is 1.43. The molecule has 1 amide bonds. The summed E-state index contributed by atoms with van der Waals surface area (Å²) in [5, 5.41) is 20.9. The zero-order valence-electron chi connectivity index (χ0n) is 11.6. The Hall–Kier alpha value is -3.13. The Morgan fingerprint density at radius 1 is 1.18 bits per heavy atom. The molecule has 0 aliphatic rings. The predicted octanol–water partition coefficient (Wildman–Crippen LogP) is 2.75. The second-order valence-corrected chi connectivity index (χ2v) is 4.57. The Kier molecular flexibility index (Phi) is 4.89. The molecule has 22 heavy (non-hydrogen) atoms. The second kappa shape index (κ2) is 7.04. The first-order valence-corrected chi connectivity index (χ1v) is 6.52. The third kappa shape index (κ3) is 4.18. The number of halogens is 1. The van der Waals surface area contributed by atoms with E-state index in [2.05, 4.69) is 5.32 Å². The monoisotopic (exact) mass is 296 g/mol. The maximum Gasteiger partial charge on any atom is 0.262 e. The lowest BCUT2D eigenvalue weighted by Gasteiger charge is -2.04. The highest BCUT2D eigenvalue weighted by Gasteiger charge is 2.08. The van der Waals surface area contributed by atoms with Crippen molar-refractivity contribution in [1.29, 1.82) is 5.26 Å². The Bertz CT molecular complexity index is 729. The van der Waals surface area contributed by atoms with E-state index in [1.54, 1.807) is 24.3 Å². The van der Waals surface area contributed by atoms with Gasteiger partial charge in [0.15, 0.2) is 0 Å². The van der Waals surface area contributed by atoms with Gasteiger partial charge in [0.25, 0.3) is 5.91 Å². The van der Waals surface area contributed by atoms with E-state index in [0.29, 0.717) is 5.56 Å². The molecule has 0 aromatic heterocycles. The number of aromatic hydroxyl groups is 1. The van der Waals surface area contributed by atoms with Crippen molar-refractivity contribution in [3.8, 4) is 11.8 Å². The van der Waals surface area contributed by atoms with Gasteiger partial charge in [0.1, 0.15) is 23.2 Å². The lowest BCUT2D eigenvalue weighted by molar-refractivity contribution is -0.117. The van der Waals surface area contributed by atoms with Crippen molar-refractivity contribution in [2.75, 3.05) is 0 Å². The minimum Gasteiger partial charge on any atom is -0.508 e. The molecule has 4 nitrogen and oxygen atoms in total. The molecule has 0 unspecified atom stereocenters. The highest BCUT2D eigenvalue weighted by Crippen LogP contribution is 2.13. The molecule has 0 radical (unpaired) electrons. The van der Waals surface area contributed by atoms with E-state index in [9.17, 15) is 14.3 Å². The molecule has 0 saturated heterocycles. The summed E-state index contributed by atoms with van der Waals surface area (Å²) in [7, 11) is 0. The van der Waals surface area contributed by atoms with Crippen LogP contribution in [0.15, 0.2) is 54.1 Å². The molecule has 0 heterocycles. The standard InChI is InChI=1S/C17H13FN2O2/c18-15-5-1-13(2-6-15)11-20-17(22)14(10-19)9-12-3-7-16(21)8-4-12/h1-9,21H,11H2,(H,20,22)/b14-9+. The van der Waals surface area contributed by atoms with Gasteiger partial charge in [-0.3, -0.25) is 4.79 Å². The van der Waals surface area contributed by atoms with Gasteiger partial charge >= 0.3 is 0 Å². The van der Waals surface area contributed by atoms with E-state index in [4.69, 9.17) is 5.26 Å². The molecule has 0 atom stereocenters. The highest BCUT2D eigenvalue weighted by atomic mass is 19.1. The second-order valence-electron chi connectivity index (χ2n) is 4.57. The van der Waals surface area contributed by atoms with Crippen molar-refractivity contribution in [3.63, 3.8) is 0 Å². The van der Waals surface area contributed by atoms with Crippen LogP contribution in [0.2, 0.25) is 0 Å². The lowest BCUT2D eigenvalue weighted by atomic mass is 10.1. The number of nitriles is 1. The van der Waals surface area contributed by atoms with Gasteiger partial charge in [-0.2, -0.15) is 5.26 Å². The van der Waals surface area contributed by atoms with Gasteiger partial charge in [0.05, 0.1) is 0 Å². The van der Waals surface area contributed by atoms with Gasteiger partial charge in [-0.25, -0.2) is 4.39 Å². The number of carbonyl (C=O) groups is 1. The van der Waals surface area contributed by atoms with Crippen molar-refractivity contribution in [3.05, 3.63) is 71.0 Å². The molecule has 0 bridgehead atoms. The molecule has 110 valence electrons. The third-order valence-electron chi connectivity index (χ3n) is 2.94. The predicted molar refractivity (Wildman–Crippen MR) is 79.9 cm³/mol. The molecular weight excluding hydrogens is 283 g/mol. The number of rotatable bonds is 4. The molecule has 0 fully saturated rings. The van der Waals surface area contributed by atoms with Crippen LogP contribution in [0.5, 0.6) is 5.75 Å². The van der Waals surface area contributed by atoms with Crippen LogP contribution in [0.3, 0.4) is 0 Å². The van der Waals surface area contributed by atoms with Crippen molar-refractivity contribution >= 4 is 12.0 Å². The van der Waals surface area contributed by atoms with Crippen molar-refractivity contribution in [2.45, 2.75) is 6.54 Å². The van der Waals surface area contributed by atoms with Gasteiger partial charge in [0, 0.05) is 6.54 Å². The normalized spacial score (nSPS) is 10.8. The van der Waals surface area contributed by atoms with Gasteiger partial charge < -0.3 is 10.4 Å². The fourth-order valence-corrected chi connectivity index (χ4v) is 1.77. The minimum absolute atomic E-state index is 0.0483. The number of phenolic OH excluding ortho intramolecular Hbond substituents is 1. The fraction of sp³-hybridized carbons (Fsp3) is 0.0588. The van der Waals surface area contributed by atoms with E-state index >= 15 is 0 Å². The van der Waals surface area contributed by atoms with Crippen LogP contribution in [0.1, 0.15) is 11.1 Å². The van der Waals surface area contributed by atoms with E-state index in [1.165, 1.54) is 30.3 Å². The first-order valence-electron chi connectivity index (χ1n) is 6.52. The molecule has 2 rings (SSSR count). The summed E-state index contributed by atoms with van der Waals surface area (Å²) >= 11 is 0. The molecule has 2 aromatic carbocycles. The number of nitrogens with zero attached hydrogens (tertiary/aromatic N) is 1. The van der Waals surface area contributed by atoms with E-state index in [-0.39, 0.29) is 23.7 Å². The first-order chi connectivity index (χ1) is 10.6. The Morgan fingerprint density at radius 2 is 1.82 bits per heavy atom. The highest BCUT2D eigenvalue weighted by molar-refractivity contribution is 6.01. The number of phenols is 1. The maximum absolute atomic E-state index is 12.8. The topological polar surface area (TPSA) is 73.1 Å².